The first-order valence-electron chi connectivity index (χ1n) is 3.07. The molecule has 0 aliphatic rings. The number of nitrogens with two attached hydrogens (primary N) is 1. The first-order chi connectivity index (χ1) is 5.27. The summed E-state index contributed by atoms with van der Waals surface area (Å²) in [5, 5.41) is 8.06. The molecule has 0 rings (SSSR count). The van der Waals surface area contributed by atoms with Crippen LogP contribution in [0.5, 0.6) is 0 Å². The van der Waals surface area contributed by atoms with Crippen LogP contribution in [0.1, 0.15) is 0 Å². The van der Waals surface area contributed by atoms with Crippen LogP contribution in [0.3, 0.4) is 0 Å². The Balaban J connectivity index is 2.85. The van der Waals surface area contributed by atoms with E-state index in [1.54, 1.807) is 21.6 Å². The molecule has 0 unspecified atom stereocenters. The van der Waals surface area contributed by atoms with Gasteiger partial charge in [0, 0.05) is 18.1 Å². The van der Waals surface area contributed by atoms with Gasteiger partial charge in [0.05, 0.1) is 0 Å². The summed E-state index contributed by atoms with van der Waals surface area (Å²) in [5.41, 5.74) is 5.23. The lowest BCUT2D eigenvalue weighted by atomic mass is 10.8. The summed E-state index contributed by atoms with van der Waals surface area (Å²) in [5.74, 6) is 1.56. The number of hydrogen-bond acceptors (Lipinski definition) is 5. The van der Waals surface area contributed by atoms with Crippen LogP contribution < -0.4 is 5.73 Å². The van der Waals surface area contributed by atoms with E-state index < -0.39 is 6.16 Å². The van der Waals surface area contributed by atoms with E-state index in [-0.39, 0.29) is 6.61 Å². The van der Waals surface area contributed by atoms with Crippen molar-refractivity contribution in [3.8, 4) is 0 Å². The van der Waals surface area contributed by atoms with E-state index in [0.29, 0.717) is 12.3 Å². The van der Waals surface area contributed by atoms with E-state index >= 15 is 0 Å². The standard InChI is InChI=1S/C5H11NO3S2/c6-1-3-10-11-4-2-9-5(7)8/h1-4,6H2,(H,7,8). The normalized spacial score (nSPS) is 9.55. The quantitative estimate of drug-likeness (QED) is 0.376. The second-order valence-corrected chi connectivity index (χ2v) is 4.25. The van der Waals surface area contributed by atoms with E-state index in [4.69, 9.17) is 10.8 Å². The number of carboxylic acid groups (broad SMARTS) is 1. The molecule has 0 heterocycles. The van der Waals surface area contributed by atoms with Gasteiger partial charge in [0.2, 0.25) is 0 Å². The van der Waals surface area contributed by atoms with E-state index in [2.05, 4.69) is 4.74 Å². The molecule has 0 saturated heterocycles. The van der Waals surface area contributed by atoms with Crippen LogP contribution >= 0.6 is 21.6 Å². The van der Waals surface area contributed by atoms with Gasteiger partial charge in [-0.15, -0.1) is 0 Å². The van der Waals surface area contributed by atoms with Gasteiger partial charge in [0.1, 0.15) is 6.61 Å². The molecule has 0 saturated carbocycles. The van der Waals surface area contributed by atoms with Crippen molar-refractivity contribution < 1.29 is 14.6 Å². The largest absolute Gasteiger partial charge is 0.505 e. The third kappa shape index (κ3) is 9.93. The van der Waals surface area contributed by atoms with Crippen LogP contribution in [0.25, 0.3) is 0 Å². The van der Waals surface area contributed by atoms with Gasteiger partial charge < -0.3 is 15.6 Å². The molecule has 0 amide bonds. The molecule has 0 aliphatic carbocycles. The fraction of sp³-hybridized carbons (Fsp3) is 0.800. The highest BCUT2D eigenvalue weighted by Gasteiger charge is 1.95. The Kier molecular flexibility index (Phi) is 7.98. The summed E-state index contributed by atoms with van der Waals surface area (Å²) >= 11 is 0. The molecule has 11 heavy (non-hydrogen) atoms. The minimum atomic E-state index is -1.21. The summed E-state index contributed by atoms with van der Waals surface area (Å²) in [4.78, 5) is 9.83. The van der Waals surface area contributed by atoms with Crippen LogP contribution in [0, 0.1) is 0 Å². The molecule has 0 radical (unpaired) electrons. The Morgan fingerprint density at radius 1 is 1.45 bits per heavy atom. The highest BCUT2D eigenvalue weighted by molar-refractivity contribution is 8.76. The van der Waals surface area contributed by atoms with Gasteiger partial charge in [-0.2, -0.15) is 0 Å². The fourth-order valence-electron chi connectivity index (χ4n) is 0.329. The van der Waals surface area contributed by atoms with Crippen LogP contribution in [-0.4, -0.2) is 35.9 Å². The van der Waals surface area contributed by atoms with Crippen molar-refractivity contribution >= 4 is 27.7 Å². The van der Waals surface area contributed by atoms with E-state index in [1.165, 1.54) is 0 Å². The van der Waals surface area contributed by atoms with Gasteiger partial charge in [-0.1, -0.05) is 21.6 Å². The molecule has 0 aromatic rings. The second kappa shape index (κ2) is 8.03. The van der Waals surface area contributed by atoms with Crippen molar-refractivity contribution in [3.63, 3.8) is 0 Å². The van der Waals surface area contributed by atoms with Gasteiger partial charge in [0.15, 0.2) is 0 Å². The summed E-state index contributed by atoms with van der Waals surface area (Å²) in [6.07, 6.45) is -1.21. The summed E-state index contributed by atoms with van der Waals surface area (Å²) < 4.78 is 4.27. The van der Waals surface area contributed by atoms with Crippen molar-refractivity contribution in [1.82, 2.24) is 0 Å². The molecule has 0 spiro atoms. The zero-order chi connectivity index (χ0) is 8.53. The van der Waals surface area contributed by atoms with Crippen LogP contribution in [0.15, 0.2) is 0 Å². The molecular formula is C5H11NO3S2. The highest BCUT2D eigenvalue weighted by Crippen LogP contribution is 2.19. The van der Waals surface area contributed by atoms with E-state index in [0.717, 1.165) is 5.75 Å². The molecular weight excluding hydrogens is 186 g/mol. The van der Waals surface area contributed by atoms with Gasteiger partial charge >= 0.3 is 6.16 Å². The molecule has 66 valence electrons. The summed E-state index contributed by atoms with van der Waals surface area (Å²) in [7, 11) is 3.19. The average Bonchev–Trinajstić information content (AvgIpc) is 1.96. The fourth-order valence-corrected chi connectivity index (χ4v) is 2.01. The minimum absolute atomic E-state index is 0.248. The molecule has 0 bridgehead atoms. The Bertz CT molecular complexity index is 112. The molecule has 0 aromatic heterocycles. The van der Waals surface area contributed by atoms with Gasteiger partial charge in [-0.05, 0) is 0 Å². The van der Waals surface area contributed by atoms with Crippen LogP contribution in [0.4, 0.5) is 4.79 Å². The van der Waals surface area contributed by atoms with Crippen molar-refractivity contribution in [2.75, 3.05) is 24.7 Å². The van der Waals surface area contributed by atoms with Crippen LogP contribution in [-0.2, 0) is 4.74 Å². The van der Waals surface area contributed by atoms with E-state index in [1.807, 2.05) is 0 Å². The highest BCUT2D eigenvalue weighted by atomic mass is 33.1. The zero-order valence-corrected chi connectivity index (χ0v) is 7.62. The van der Waals surface area contributed by atoms with E-state index in [9.17, 15) is 4.79 Å². The molecule has 3 N–H and O–H groups in total. The van der Waals surface area contributed by atoms with Crippen LogP contribution in [0.2, 0.25) is 0 Å². The van der Waals surface area contributed by atoms with Gasteiger partial charge in [-0.25, -0.2) is 4.79 Å². The molecule has 0 fully saturated rings. The minimum Gasteiger partial charge on any atom is -0.450 e. The number of carbonyl (C=O) groups is 1. The third-order valence-electron chi connectivity index (χ3n) is 0.677. The maximum atomic E-state index is 9.83. The van der Waals surface area contributed by atoms with Crippen molar-refractivity contribution in [1.29, 1.82) is 0 Å². The Morgan fingerprint density at radius 2 is 2.09 bits per heavy atom. The third-order valence-corrected chi connectivity index (χ3v) is 3.08. The average molecular weight is 197 g/mol. The maximum absolute atomic E-state index is 9.83. The lowest BCUT2D eigenvalue weighted by Crippen LogP contribution is -2.03. The molecule has 4 nitrogen and oxygen atoms in total. The molecule has 0 aromatic carbocycles. The molecule has 0 aliphatic heterocycles. The summed E-state index contributed by atoms with van der Waals surface area (Å²) in [6, 6.07) is 0. The first-order valence-corrected chi connectivity index (χ1v) is 5.56. The maximum Gasteiger partial charge on any atom is 0.505 e. The molecule has 6 heteroatoms. The number of hydrogen-bond donors (Lipinski definition) is 2. The first kappa shape index (κ1) is 10.9. The smallest absolute Gasteiger partial charge is 0.450 e. The van der Waals surface area contributed by atoms with Crippen molar-refractivity contribution in [2.24, 2.45) is 5.73 Å². The predicted octanol–water partition coefficient (Wildman–Crippen LogP) is 1.02. The summed E-state index contributed by atoms with van der Waals surface area (Å²) in [6.45, 7) is 0.898. The lowest BCUT2D eigenvalue weighted by Gasteiger charge is -1.98. The van der Waals surface area contributed by atoms with Crippen molar-refractivity contribution in [3.05, 3.63) is 0 Å². The Morgan fingerprint density at radius 3 is 2.64 bits per heavy atom. The predicted molar refractivity (Wildman–Crippen MR) is 47.9 cm³/mol. The van der Waals surface area contributed by atoms with Crippen molar-refractivity contribution in [2.45, 2.75) is 0 Å². The lowest BCUT2D eigenvalue weighted by molar-refractivity contribution is 0.0975. The number of rotatable bonds is 6. The Hall–Kier alpha value is -0.0700. The SMILES string of the molecule is NCCSSCCOC(=O)O. The van der Waals surface area contributed by atoms with Gasteiger partial charge in [-0.3, -0.25) is 0 Å². The topological polar surface area (TPSA) is 72.5 Å². The molecule has 0 atom stereocenters. The monoisotopic (exact) mass is 197 g/mol. The second-order valence-electron chi connectivity index (χ2n) is 1.55. The number of ether oxygens (including phenoxy) is 1. The Labute approximate surface area is 73.3 Å². The van der Waals surface area contributed by atoms with Gasteiger partial charge in [0.25, 0.3) is 0 Å². The zero-order valence-electron chi connectivity index (χ0n) is 5.99.